The first-order chi connectivity index (χ1) is 11.0. The van der Waals surface area contributed by atoms with Gasteiger partial charge in [0.25, 0.3) is 10.2 Å². The Morgan fingerprint density at radius 3 is 2.61 bits per heavy atom. The average molecular weight is 340 g/mol. The van der Waals surface area contributed by atoms with Crippen LogP contribution in [0.15, 0.2) is 24.3 Å². The van der Waals surface area contributed by atoms with Crippen LogP contribution in [0.5, 0.6) is 0 Å². The van der Waals surface area contributed by atoms with E-state index in [2.05, 4.69) is 21.8 Å². The first kappa shape index (κ1) is 16.7. The van der Waals surface area contributed by atoms with Crippen molar-refractivity contribution in [2.45, 2.75) is 19.4 Å². The maximum atomic E-state index is 12.4. The molecule has 0 aromatic heterocycles. The topological polar surface area (TPSA) is 76.1 Å². The van der Waals surface area contributed by atoms with E-state index in [0.717, 1.165) is 18.0 Å². The van der Waals surface area contributed by atoms with Crippen LogP contribution >= 0.6 is 0 Å². The summed E-state index contributed by atoms with van der Waals surface area (Å²) in [6.45, 7) is 4.64. The smallest absolute Gasteiger partial charge is 0.279 e. The second-order valence-corrected chi connectivity index (χ2v) is 7.88. The predicted molar refractivity (Wildman–Crippen MR) is 88.8 cm³/mol. The van der Waals surface area contributed by atoms with E-state index in [9.17, 15) is 13.6 Å². The number of anilines is 1. The lowest BCUT2D eigenvalue weighted by Crippen LogP contribution is -2.52. The van der Waals surface area contributed by atoms with Crippen LogP contribution < -0.4 is 9.62 Å². The summed E-state index contributed by atoms with van der Waals surface area (Å²) in [7, 11) is -3.49. The molecule has 2 aliphatic heterocycles. The summed E-state index contributed by atoms with van der Waals surface area (Å²) in [6, 6.07) is 8.36. The molecular formula is C15H24N4O3S. The van der Waals surface area contributed by atoms with Gasteiger partial charge in [0.1, 0.15) is 0 Å². The maximum absolute atomic E-state index is 12.4. The van der Waals surface area contributed by atoms with Crippen LogP contribution in [0.2, 0.25) is 0 Å². The average Bonchev–Trinajstić information content (AvgIpc) is 2.97. The Kier molecular flexibility index (Phi) is 4.88. The molecule has 128 valence electrons. The van der Waals surface area contributed by atoms with Crippen molar-refractivity contribution in [1.82, 2.24) is 14.1 Å². The number of fused-ring (bicyclic) bond motifs is 1. The van der Waals surface area contributed by atoms with E-state index in [-0.39, 0.29) is 6.04 Å². The number of benzene rings is 1. The molecule has 2 N–H and O–H groups in total. The van der Waals surface area contributed by atoms with Gasteiger partial charge in [-0.15, -0.1) is 0 Å². The third-order valence-corrected chi connectivity index (χ3v) is 6.15. The number of nitrogens with zero attached hydrogens (tertiary/aromatic N) is 3. The Morgan fingerprint density at radius 1 is 1.17 bits per heavy atom. The van der Waals surface area contributed by atoms with E-state index in [1.165, 1.54) is 15.6 Å². The molecule has 1 fully saturated rings. The molecule has 8 heteroatoms. The van der Waals surface area contributed by atoms with Gasteiger partial charge >= 0.3 is 0 Å². The van der Waals surface area contributed by atoms with Crippen LogP contribution in [0.25, 0.3) is 0 Å². The minimum Gasteiger partial charge on any atom is -0.367 e. The highest BCUT2D eigenvalue weighted by atomic mass is 32.2. The lowest BCUT2D eigenvalue weighted by atomic mass is 10.2. The summed E-state index contributed by atoms with van der Waals surface area (Å²) in [5, 5.41) is 10.5. The fourth-order valence-electron chi connectivity index (χ4n) is 3.17. The Labute approximate surface area is 137 Å². The van der Waals surface area contributed by atoms with Crippen molar-refractivity contribution in [1.29, 1.82) is 0 Å². The largest absolute Gasteiger partial charge is 0.367 e. The normalized spacial score (nSPS) is 21.4. The summed E-state index contributed by atoms with van der Waals surface area (Å²) in [5.74, 6) is 0. The van der Waals surface area contributed by atoms with Gasteiger partial charge in [-0.2, -0.15) is 17.8 Å². The van der Waals surface area contributed by atoms with Gasteiger partial charge in [-0.3, -0.25) is 0 Å². The monoisotopic (exact) mass is 340 g/mol. The first-order valence-electron chi connectivity index (χ1n) is 8.00. The predicted octanol–water partition coefficient (Wildman–Crippen LogP) is 0.279. The standard InChI is InChI=1S/C15H24N4O3S/c1-13(19-7-6-14-4-2-3-5-15(14)19)12-16-23(21,22)18-10-8-17(20)9-11-18/h2-5,13,16,20H,6-12H2,1H3. The second-order valence-electron chi connectivity index (χ2n) is 6.13. The molecule has 0 bridgehead atoms. The Hall–Kier alpha value is -1.19. The summed E-state index contributed by atoms with van der Waals surface area (Å²) in [4.78, 5) is 2.25. The van der Waals surface area contributed by atoms with E-state index >= 15 is 0 Å². The van der Waals surface area contributed by atoms with E-state index in [4.69, 9.17) is 0 Å². The Balaban J connectivity index is 1.58. The Bertz CT molecular complexity index is 644. The molecule has 3 rings (SSSR count). The Morgan fingerprint density at radius 2 is 1.87 bits per heavy atom. The summed E-state index contributed by atoms with van der Waals surface area (Å²) < 4.78 is 28.8. The fourth-order valence-corrected chi connectivity index (χ4v) is 4.45. The molecular weight excluding hydrogens is 316 g/mol. The van der Waals surface area contributed by atoms with Crippen molar-refractivity contribution in [3.8, 4) is 0 Å². The van der Waals surface area contributed by atoms with Crippen LogP contribution in [0.1, 0.15) is 12.5 Å². The van der Waals surface area contributed by atoms with E-state index in [1.54, 1.807) is 0 Å². The van der Waals surface area contributed by atoms with E-state index < -0.39 is 10.2 Å². The molecule has 0 spiro atoms. The second kappa shape index (κ2) is 6.74. The van der Waals surface area contributed by atoms with Gasteiger partial charge < -0.3 is 10.1 Å². The van der Waals surface area contributed by atoms with Gasteiger partial charge in [0, 0.05) is 51.0 Å². The van der Waals surface area contributed by atoms with Gasteiger partial charge in [-0.25, -0.2) is 4.72 Å². The lowest BCUT2D eigenvalue weighted by Gasteiger charge is -2.32. The summed E-state index contributed by atoms with van der Waals surface area (Å²) in [5.41, 5.74) is 2.52. The van der Waals surface area contributed by atoms with Crippen molar-refractivity contribution >= 4 is 15.9 Å². The zero-order chi connectivity index (χ0) is 16.4. The number of hydrogen-bond donors (Lipinski definition) is 2. The number of hydroxylamine groups is 2. The SMILES string of the molecule is CC(CNS(=O)(=O)N1CCN(O)CC1)N1CCc2ccccc21. The van der Waals surface area contributed by atoms with Crippen LogP contribution in [0.4, 0.5) is 5.69 Å². The van der Waals surface area contributed by atoms with Crippen LogP contribution in [0.3, 0.4) is 0 Å². The van der Waals surface area contributed by atoms with Crippen molar-refractivity contribution in [3.05, 3.63) is 29.8 Å². The molecule has 0 amide bonds. The lowest BCUT2D eigenvalue weighted by molar-refractivity contribution is -0.108. The van der Waals surface area contributed by atoms with Gasteiger partial charge in [0.05, 0.1) is 0 Å². The number of hydrogen-bond acceptors (Lipinski definition) is 5. The number of rotatable bonds is 5. The zero-order valence-corrected chi connectivity index (χ0v) is 14.2. The fraction of sp³-hybridized carbons (Fsp3) is 0.600. The van der Waals surface area contributed by atoms with Gasteiger partial charge in [0.2, 0.25) is 0 Å². The van der Waals surface area contributed by atoms with Gasteiger partial charge in [-0.05, 0) is 25.0 Å². The zero-order valence-electron chi connectivity index (χ0n) is 13.4. The molecule has 1 aromatic rings. The molecule has 1 aromatic carbocycles. The highest BCUT2D eigenvalue weighted by Crippen LogP contribution is 2.28. The number of para-hydroxylation sites is 1. The number of nitrogens with one attached hydrogen (secondary N) is 1. The first-order valence-corrected chi connectivity index (χ1v) is 9.44. The third kappa shape index (κ3) is 3.67. The van der Waals surface area contributed by atoms with Crippen molar-refractivity contribution in [2.24, 2.45) is 0 Å². The minimum absolute atomic E-state index is 0.0903. The quantitative estimate of drug-likeness (QED) is 0.805. The van der Waals surface area contributed by atoms with E-state index in [1.807, 2.05) is 19.1 Å². The van der Waals surface area contributed by atoms with Crippen molar-refractivity contribution < 1.29 is 13.6 Å². The molecule has 2 heterocycles. The molecule has 2 aliphatic rings. The minimum atomic E-state index is -3.49. The van der Waals surface area contributed by atoms with Crippen LogP contribution in [0, 0.1) is 0 Å². The molecule has 1 atom stereocenters. The number of piperazine rings is 1. The van der Waals surface area contributed by atoms with Crippen molar-refractivity contribution in [2.75, 3.05) is 44.2 Å². The van der Waals surface area contributed by atoms with Crippen molar-refractivity contribution in [3.63, 3.8) is 0 Å². The van der Waals surface area contributed by atoms with Crippen LogP contribution in [-0.2, 0) is 16.6 Å². The molecule has 1 unspecified atom stereocenters. The molecule has 0 saturated carbocycles. The highest BCUT2D eigenvalue weighted by molar-refractivity contribution is 7.87. The molecule has 0 aliphatic carbocycles. The molecule has 23 heavy (non-hydrogen) atoms. The molecule has 7 nitrogen and oxygen atoms in total. The maximum Gasteiger partial charge on any atom is 0.279 e. The highest BCUT2D eigenvalue weighted by Gasteiger charge is 2.28. The van der Waals surface area contributed by atoms with Crippen LogP contribution in [-0.4, -0.2) is 68.3 Å². The third-order valence-electron chi connectivity index (χ3n) is 4.57. The molecule has 1 saturated heterocycles. The molecule has 0 radical (unpaired) electrons. The van der Waals surface area contributed by atoms with Gasteiger partial charge in [-0.1, -0.05) is 18.2 Å². The summed E-state index contributed by atoms with van der Waals surface area (Å²) >= 11 is 0. The van der Waals surface area contributed by atoms with Gasteiger partial charge in [0.15, 0.2) is 0 Å². The van der Waals surface area contributed by atoms with E-state index in [0.29, 0.717) is 32.7 Å². The summed E-state index contributed by atoms with van der Waals surface area (Å²) in [6.07, 6.45) is 1.01.